The van der Waals surface area contributed by atoms with Gasteiger partial charge in [-0.15, -0.1) is 6.42 Å². The molecule has 1 atom stereocenters. The first-order valence-electron chi connectivity index (χ1n) is 10.1. The lowest BCUT2D eigenvalue weighted by atomic mass is 10.0. The number of hydrogen-bond acceptors (Lipinski definition) is 4. The minimum absolute atomic E-state index is 0.136. The molecule has 4 aromatic rings. The average Bonchev–Trinajstić information content (AvgIpc) is 3.44. The Hall–Kier alpha value is -4.11. The molecule has 1 N–H and O–H groups in total. The molecule has 0 saturated carbocycles. The highest BCUT2D eigenvalue weighted by Gasteiger charge is 2.28. The minimum Gasteiger partial charge on any atom is -0.486 e. The van der Waals surface area contributed by atoms with Gasteiger partial charge in [-0.05, 0) is 29.7 Å². The van der Waals surface area contributed by atoms with Crippen molar-refractivity contribution in [1.29, 1.82) is 0 Å². The highest BCUT2D eigenvalue weighted by Crippen LogP contribution is 2.40. The number of rotatable bonds is 4. The third-order valence-corrected chi connectivity index (χ3v) is 5.52. The number of hydrogen-bond donors (Lipinski definition) is 1. The SMILES string of the molecule is C#CC(=O)N1CC[C@@H](Oc2cnccc2-c2[nH]c3cccnc3c2-c2ccccc2)C1. The highest BCUT2D eigenvalue weighted by molar-refractivity contribution is 6.02. The van der Waals surface area contributed by atoms with Gasteiger partial charge in [0.25, 0.3) is 5.91 Å². The first kappa shape index (κ1) is 18.9. The van der Waals surface area contributed by atoms with Crippen LogP contribution in [0.15, 0.2) is 67.1 Å². The Morgan fingerprint density at radius 3 is 2.87 bits per heavy atom. The van der Waals surface area contributed by atoms with E-state index in [1.807, 2.05) is 36.4 Å². The van der Waals surface area contributed by atoms with Gasteiger partial charge in [-0.25, -0.2) is 0 Å². The predicted octanol–water partition coefficient (Wildman–Crippen LogP) is 3.90. The van der Waals surface area contributed by atoms with Crippen LogP contribution < -0.4 is 4.74 Å². The molecule has 31 heavy (non-hydrogen) atoms. The predicted molar refractivity (Wildman–Crippen MR) is 119 cm³/mol. The Morgan fingerprint density at radius 1 is 1.16 bits per heavy atom. The molecule has 6 heteroatoms. The number of H-pyrrole nitrogens is 1. The van der Waals surface area contributed by atoms with Crippen molar-refractivity contribution in [1.82, 2.24) is 19.9 Å². The molecular weight excluding hydrogens is 388 g/mol. The topological polar surface area (TPSA) is 71.1 Å². The number of ether oxygens (including phenoxy) is 1. The second-order valence-corrected chi connectivity index (χ2v) is 7.44. The molecule has 5 rings (SSSR count). The number of fused-ring (bicyclic) bond motifs is 1. The number of nitrogens with one attached hydrogen (secondary N) is 1. The molecule has 4 heterocycles. The molecule has 1 aliphatic rings. The van der Waals surface area contributed by atoms with Crippen molar-refractivity contribution in [2.45, 2.75) is 12.5 Å². The molecule has 0 bridgehead atoms. The lowest BCUT2D eigenvalue weighted by Crippen LogP contribution is -2.29. The standard InChI is InChI=1S/C25H20N4O2/c1-2-22(30)29-14-11-18(16-29)31-21-15-26-13-10-19(21)24-23(17-7-4-3-5-8-17)25-20(28-24)9-6-12-27-25/h1,3-10,12-13,15,18,28H,11,14,16H2/t18-/m1/s1. The number of aromatic nitrogens is 3. The molecular formula is C25H20N4O2. The summed E-state index contributed by atoms with van der Waals surface area (Å²) in [6.45, 7) is 1.06. The number of amides is 1. The average molecular weight is 408 g/mol. The van der Waals surface area contributed by atoms with Crippen LogP contribution in [-0.4, -0.2) is 45.0 Å². The van der Waals surface area contributed by atoms with Gasteiger partial charge < -0.3 is 14.6 Å². The van der Waals surface area contributed by atoms with E-state index in [4.69, 9.17) is 11.2 Å². The van der Waals surface area contributed by atoms with Crippen LogP contribution in [-0.2, 0) is 4.79 Å². The van der Waals surface area contributed by atoms with Crippen molar-refractivity contribution in [2.75, 3.05) is 13.1 Å². The maximum absolute atomic E-state index is 11.8. The number of pyridine rings is 2. The molecule has 0 unspecified atom stereocenters. The van der Waals surface area contributed by atoms with Crippen molar-refractivity contribution >= 4 is 16.9 Å². The van der Waals surface area contributed by atoms with E-state index in [0.717, 1.165) is 39.8 Å². The van der Waals surface area contributed by atoms with Gasteiger partial charge in [0.15, 0.2) is 0 Å². The lowest BCUT2D eigenvalue weighted by Gasteiger charge is -2.17. The zero-order chi connectivity index (χ0) is 21.2. The molecule has 1 saturated heterocycles. The van der Waals surface area contributed by atoms with Gasteiger partial charge in [-0.2, -0.15) is 0 Å². The van der Waals surface area contributed by atoms with Crippen LogP contribution in [0, 0.1) is 12.3 Å². The number of carbonyl (C=O) groups excluding carboxylic acids is 1. The summed E-state index contributed by atoms with van der Waals surface area (Å²) in [7, 11) is 0. The Morgan fingerprint density at radius 2 is 2.03 bits per heavy atom. The Balaban J connectivity index is 1.57. The first-order valence-corrected chi connectivity index (χ1v) is 10.1. The van der Waals surface area contributed by atoms with Crippen LogP contribution in [0.4, 0.5) is 0 Å². The lowest BCUT2D eigenvalue weighted by molar-refractivity contribution is -0.124. The third kappa shape index (κ3) is 3.51. The van der Waals surface area contributed by atoms with Crippen molar-refractivity contribution in [3.05, 3.63) is 67.1 Å². The smallest absolute Gasteiger partial charge is 0.298 e. The summed E-state index contributed by atoms with van der Waals surface area (Å²) >= 11 is 0. The molecule has 0 spiro atoms. The summed E-state index contributed by atoms with van der Waals surface area (Å²) in [6, 6.07) is 16.0. The van der Waals surface area contributed by atoms with E-state index in [1.54, 1.807) is 23.5 Å². The zero-order valence-corrected chi connectivity index (χ0v) is 16.8. The quantitative estimate of drug-likeness (QED) is 0.520. The maximum atomic E-state index is 11.8. The van der Waals surface area contributed by atoms with Crippen LogP contribution >= 0.6 is 0 Å². The van der Waals surface area contributed by atoms with Crippen LogP contribution in [0.25, 0.3) is 33.4 Å². The fourth-order valence-corrected chi connectivity index (χ4v) is 4.07. The van der Waals surface area contributed by atoms with E-state index in [-0.39, 0.29) is 12.0 Å². The van der Waals surface area contributed by atoms with Crippen LogP contribution in [0.2, 0.25) is 0 Å². The molecule has 6 nitrogen and oxygen atoms in total. The Bertz CT molecular complexity index is 1290. The summed E-state index contributed by atoms with van der Waals surface area (Å²) in [5, 5.41) is 0. The highest BCUT2D eigenvalue weighted by atomic mass is 16.5. The van der Waals surface area contributed by atoms with Gasteiger partial charge in [0.05, 0.1) is 29.5 Å². The Kier molecular flexibility index (Phi) is 4.85. The molecule has 1 aromatic carbocycles. The van der Waals surface area contributed by atoms with Crippen molar-refractivity contribution in [2.24, 2.45) is 0 Å². The van der Waals surface area contributed by atoms with Gasteiger partial charge in [0, 0.05) is 36.5 Å². The number of benzene rings is 1. The molecule has 152 valence electrons. The summed E-state index contributed by atoms with van der Waals surface area (Å²) in [4.78, 5) is 25.9. The molecule has 1 aliphatic heterocycles. The Labute approximate surface area is 179 Å². The van der Waals surface area contributed by atoms with Crippen molar-refractivity contribution < 1.29 is 9.53 Å². The number of aromatic amines is 1. The molecule has 0 aliphatic carbocycles. The monoisotopic (exact) mass is 408 g/mol. The summed E-state index contributed by atoms with van der Waals surface area (Å²) < 4.78 is 6.31. The number of likely N-dealkylation sites (tertiary alicyclic amines) is 1. The van der Waals surface area contributed by atoms with E-state index in [2.05, 4.69) is 33.0 Å². The van der Waals surface area contributed by atoms with Crippen molar-refractivity contribution in [3.63, 3.8) is 0 Å². The van der Waals surface area contributed by atoms with Gasteiger partial charge in [0.2, 0.25) is 0 Å². The van der Waals surface area contributed by atoms with E-state index in [1.165, 1.54) is 0 Å². The molecule has 0 radical (unpaired) electrons. The van der Waals surface area contributed by atoms with Crippen LogP contribution in [0.1, 0.15) is 6.42 Å². The van der Waals surface area contributed by atoms with Crippen LogP contribution in [0.5, 0.6) is 5.75 Å². The molecule has 3 aromatic heterocycles. The van der Waals surface area contributed by atoms with Gasteiger partial charge in [-0.1, -0.05) is 30.3 Å². The fraction of sp³-hybridized carbons (Fsp3) is 0.160. The van der Waals surface area contributed by atoms with Crippen LogP contribution in [0.3, 0.4) is 0 Å². The summed E-state index contributed by atoms with van der Waals surface area (Å²) in [5.74, 6) is 2.53. The van der Waals surface area contributed by atoms with E-state index in [0.29, 0.717) is 18.8 Å². The van der Waals surface area contributed by atoms with Gasteiger partial charge in [0.1, 0.15) is 11.9 Å². The first-order chi connectivity index (χ1) is 15.2. The van der Waals surface area contributed by atoms with Crippen molar-refractivity contribution in [3.8, 4) is 40.5 Å². The largest absolute Gasteiger partial charge is 0.486 e. The number of nitrogens with zero attached hydrogens (tertiary/aromatic N) is 3. The summed E-state index contributed by atoms with van der Waals surface area (Å²) in [6.07, 6.45) is 11.1. The maximum Gasteiger partial charge on any atom is 0.298 e. The number of terminal acetylenes is 1. The van der Waals surface area contributed by atoms with Gasteiger partial charge >= 0.3 is 0 Å². The molecule has 1 fully saturated rings. The summed E-state index contributed by atoms with van der Waals surface area (Å²) in [5.41, 5.74) is 5.75. The molecule has 1 amide bonds. The number of carbonyl (C=O) groups is 1. The van der Waals surface area contributed by atoms with E-state index in [9.17, 15) is 4.79 Å². The van der Waals surface area contributed by atoms with E-state index >= 15 is 0 Å². The normalized spacial score (nSPS) is 15.7. The van der Waals surface area contributed by atoms with E-state index < -0.39 is 0 Å². The second kappa shape index (κ2) is 7.96. The fourth-order valence-electron chi connectivity index (χ4n) is 4.07. The second-order valence-electron chi connectivity index (χ2n) is 7.44. The van der Waals surface area contributed by atoms with Gasteiger partial charge in [-0.3, -0.25) is 14.8 Å². The third-order valence-electron chi connectivity index (χ3n) is 5.52. The zero-order valence-electron chi connectivity index (χ0n) is 16.8. The minimum atomic E-state index is -0.300.